The molecule has 2 saturated carbocycles. The van der Waals surface area contributed by atoms with Crippen LogP contribution in [0, 0.1) is 29.1 Å². The molecule has 6 heteroatoms. The van der Waals surface area contributed by atoms with E-state index in [1.807, 2.05) is 6.92 Å². The summed E-state index contributed by atoms with van der Waals surface area (Å²) >= 11 is 0. The molecule has 2 aliphatic carbocycles. The molecule has 0 amide bonds. The zero-order valence-corrected chi connectivity index (χ0v) is 20.2. The highest BCUT2D eigenvalue weighted by molar-refractivity contribution is 5.78. The Hall–Kier alpha value is -0.530. The summed E-state index contributed by atoms with van der Waals surface area (Å²) in [6.45, 7) is 5.13. The molecule has 4 N–H and O–H groups in total. The van der Waals surface area contributed by atoms with Crippen LogP contribution < -0.4 is 5.32 Å². The second-order valence-corrected chi connectivity index (χ2v) is 11.2. The average Bonchev–Trinajstić information content (AvgIpc) is 3.21. The van der Waals surface area contributed by atoms with Crippen LogP contribution in [0.1, 0.15) is 84.0 Å². The zero-order valence-electron chi connectivity index (χ0n) is 20.2. The molecule has 0 spiro atoms. The molecule has 0 aromatic rings. The molecule has 0 bridgehead atoms. The van der Waals surface area contributed by atoms with E-state index in [4.69, 9.17) is 10.1 Å². The van der Waals surface area contributed by atoms with Gasteiger partial charge in [0.25, 0.3) is 0 Å². The van der Waals surface area contributed by atoms with Crippen molar-refractivity contribution in [3.8, 4) is 0 Å². The van der Waals surface area contributed by atoms with Crippen molar-refractivity contribution >= 4 is 5.71 Å². The van der Waals surface area contributed by atoms with Gasteiger partial charge in [0.1, 0.15) is 6.23 Å². The molecule has 4 rings (SSSR count). The number of nitrogens with one attached hydrogen (secondary N) is 2. The van der Waals surface area contributed by atoms with Gasteiger partial charge in [-0.15, -0.1) is 0 Å². The molecule has 0 aromatic carbocycles. The van der Waals surface area contributed by atoms with E-state index < -0.39 is 6.23 Å². The predicted octanol–water partition coefficient (Wildman–Crippen LogP) is 3.55. The minimum Gasteiger partial charge on any atom is -0.396 e. The highest BCUT2D eigenvalue weighted by Gasteiger charge is 2.49. The van der Waals surface area contributed by atoms with Crippen LogP contribution in [-0.2, 0) is 4.74 Å². The topological polar surface area (TPSA) is 88.8 Å². The van der Waals surface area contributed by atoms with Crippen LogP contribution in [0.4, 0.5) is 0 Å². The van der Waals surface area contributed by atoms with Crippen LogP contribution in [0.15, 0.2) is 0 Å². The third-order valence-electron chi connectivity index (χ3n) is 9.10. The molecular formula is C26H47N3O3. The molecule has 6 nitrogen and oxygen atoms in total. The number of fused-ring (bicyclic) bond motifs is 1. The first-order valence-corrected chi connectivity index (χ1v) is 13.5. The fourth-order valence-corrected chi connectivity index (χ4v) is 7.19. The molecule has 184 valence electrons. The average molecular weight is 450 g/mol. The number of hydrogen-bond donors (Lipinski definition) is 4. The third-order valence-corrected chi connectivity index (χ3v) is 9.10. The maximum atomic E-state index is 10.6. The third kappa shape index (κ3) is 5.93. The van der Waals surface area contributed by atoms with E-state index >= 15 is 0 Å². The van der Waals surface area contributed by atoms with Crippen molar-refractivity contribution in [3.63, 3.8) is 0 Å². The molecule has 2 heterocycles. The summed E-state index contributed by atoms with van der Waals surface area (Å²) in [5.74, 6) is 2.26. The number of ether oxygens (including phenoxy) is 1. The van der Waals surface area contributed by atoms with Crippen molar-refractivity contribution in [1.82, 2.24) is 10.2 Å². The second-order valence-electron chi connectivity index (χ2n) is 11.2. The van der Waals surface area contributed by atoms with Crippen molar-refractivity contribution in [2.45, 2.75) is 108 Å². The van der Waals surface area contributed by atoms with Crippen LogP contribution in [0.25, 0.3) is 0 Å². The van der Waals surface area contributed by atoms with Crippen molar-refractivity contribution in [3.05, 3.63) is 0 Å². The lowest BCUT2D eigenvalue weighted by molar-refractivity contribution is -0.0506. The second kappa shape index (κ2) is 11.7. The molecule has 4 atom stereocenters. The lowest BCUT2D eigenvalue weighted by atomic mass is 9.73. The van der Waals surface area contributed by atoms with E-state index in [0.717, 1.165) is 50.5 Å². The summed E-state index contributed by atoms with van der Waals surface area (Å²) < 4.78 is 6.43. The molecule has 2 aliphatic heterocycles. The van der Waals surface area contributed by atoms with Gasteiger partial charge in [-0.2, -0.15) is 0 Å². The fraction of sp³-hybridized carbons (Fsp3) is 0.962. The van der Waals surface area contributed by atoms with Crippen molar-refractivity contribution in [2.75, 3.05) is 26.3 Å². The Morgan fingerprint density at radius 2 is 1.84 bits per heavy atom. The zero-order chi connectivity index (χ0) is 22.5. The van der Waals surface area contributed by atoms with Gasteiger partial charge in [0.15, 0.2) is 0 Å². The van der Waals surface area contributed by atoms with Crippen molar-refractivity contribution in [2.24, 2.45) is 23.7 Å². The molecule has 4 aliphatic rings. The number of rotatable bonds is 9. The summed E-state index contributed by atoms with van der Waals surface area (Å²) in [5, 5.41) is 31.0. The van der Waals surface area contributed by atoms with Crippen molar-refractivity contribution < 1.29 is 14.9 Å². The van der Waals surface area contributed by atoms with E-state index in [2.05, 4.69) is 10.2 Å². The Morgan fingerprint density at radius 3 is 2.53 bits per heavy atom. The smallest absolute Gasteiger partial charge is 0.107 e. The molecule has 0 aromatic heterocycles. The molecule has 2 saturated heterocycles. The van der Waals surface area contributed by atoms with E-state index in [0.29, 0.717) is 42.5 Å². The monoisotopic (exact) mass is 449 g/mol. The van der Waals surface area contributed by atoms with Crippen LogP contribution in [0.5, 0.6) is 0 Å². The highest BCUT2D eigenvalue weighted by Crippen LogP contribution is 2.45. The van der Waals surface area contributed by atoms with Gasteiger partial charge in [-0.3, -0.25) is 10.2 Å². The predicted molar refractivity (Wildman–Crippen MR) is 128 cm³/mol. The number of hydrogen-bond acceptors (Lipinski definition) is 6. The van der Waals surface area contributed by atoms with Gasteiger partial charge >= 0.3 is 0 Å². The molecule has 0 radical (unpaired) electrons. The molecular weight excluding hydrogens is 402 g/mol. The summed E-state index contributed by atoms with van der Waals surface area (Å²) in [5.41, 5.74) is 0.720. The Kier molecular flexibility index (Phi) is 9.02. The van der Waals surface area contributed by atoms with Crippen LogP contribution in [0.2, 0.25) is 0 Å². The number of nitrogens with zero attached hydrogens (tertiary/aromatic N) is 1. The Balaban J connectivity index is 1.28. The van der Waals surface area contributed by atoms with Crippen LogP contribution in [0.3, 0.4) is 0 Å². The fourth-order valence-electron chi connectivity index (χ4n) is 7.19. The minimum atomic E-state index is -0.401. The van der Waals surface area contributed by atoms with E-state index in [1.54, 1.807) is 0 Å². The van der Waals surface area contributed by atoms with Gasteiger partial charge < -0.3 is 20.4 Å². The SMILES string of the molecule is CC(=N)CCCNC(O)C1CCC(C2CN(C3CCC(CO)CC3)C3CCCOC23)CC1. The lowest BCUT2D eigenvalue weighted by Crippen LogP contribution is -2.46. The standard InChI is InChI=1S/C26H47N3O3/c1-18(27)4-2-14-28-26(31)21-10-8-20(9-11-21)23-16-29(24-5-3-15-32-25(23)24)22-12-6-19(17-30)7-13-22/h19-28,30-31H,2-17H2,1H3. The molecule has 32 heavy (non-hydrogen) atoms. The van der Waals surface area contributed by atoms with Crippen molar-refractivity contribution in [1.29, 1.82) is 5.41 Å². The van der Waals surface area contributed by atoms with E-state index in [-0.39, 0.29) is 0 Å². The molecule has 4 fully saturated rings. The van der Waals surface area contributed by atoms with Gasteiger partial charge in [-0.05, 0) is 108 Å². The Bertz CT molecular complexity index is 587. The largest absolute Gasteiger partial charge is 0.396 e. The van der Waals surface area contributed by atoms with Gasteiger partial charge in [-0.25, -0.2) is 0 Å². The Morgan fingerprint density at radius 1 is 1.09 bits per heavy atom. The van der Waals surface area contributed by atoms with Gasteiger partial charge in [0.2, 0.25) is 0 Å². The number of likely N-dealkylation sites (tertiary alicyclic amines) is 1. The van der Waals surface area contributed by atoms with E-state index in [1.165, 1.54) is 57.9 Å². The first-order valence-electron chi connectivity index (χ1n) is 13.5. The highest BCUT2D eigenvalue weighted by atomic mass is 16.5. The first kappa shape index (κ1) is 24.6. The minimum absolute atomic E-state index is 0.358. The number of aliphatic hydroxyl groups is 2. The van der Waals surface area contributed by atoms with Gasteiger partial charge in [-0.1, -0.05) is 0 Å². The van der Waals surface area contributed by atoms with Gasteiger partial charge in [0.05, 0.1) is 6.10 Å². The Labute approximate surface area is 195 Å². The maximum absolute atomic E-state index is 10.6. The first-order chi connectivity index (χ1) is 15.6. The summed E-state index contributed by atoms with van der Waals surface area (Å²) in [7, 11) is 0. The summed E-state index contributed by atoms with van der Waals surface area (Å²) in [6, 6.07) is 1.29. The number of aliphatic hydroxyl groups excluding tert-OH is 2. The van der Waals surface area contributed by atoms with Crippen LogP contribution >= 0.6 is 0 Å². The lowest BCUT2D eigenvalue weighted by Gasteiger charge is -2.40. The van der Waals surface area contributed by atoms with E-state index in [9.17, 15) is 10.2 Å². The normalized spacial score (nSPS) is 39.5. The maximum Gasteiger partial charge on any atom is 0.107 e. The summed E-state index contributed by atoms with van der Waals surface area (Å²) in [6.07, 6.45) is 13.7. The summed E-state index contributed by atoms with van der Waals surface area (Å²) in [4.78, 5) is 2.83. The molecule has 4 unspecified atom stereocenters. The quantitative estimate of drug-likeness (QED) is 0.246. The van der Waals surface area contributed by atoms with Gasteiger partial charge in [0, 0.05) is 43.5 Å². The van der Waals surface area contributed by atoms with Crippen LogP contribution in [-0.4, -0.2) is 71.5 Å².